The van der Waals surface area contributed by atoms with Crippen molar-refractivity contribution in [3.63, 3.8) is 0 Å². The van der Waals surface area contributed by atoms with Crippen molar-refractivity contribution in [2.75, 3.05) is 13.1 Å². The van der Waals surface area contributed by atoms with Gasteiger partial charge in [0, 0.05) is 44.6 Å². The second-order valence-corrected chi connectivity index (χ2v) is 9.11. The Balaban J connectivity index is 1.38. The monoisotopic (exact) mass is 380 g/mol. The first kappa shape index (κ1) is 17.9. The van der Waals surface area contributed by atoms with Crippen LogP contribution in [0.4, 0.5) is 0 Å². The Kier molecular flexibility index (Phi) is 4.27. The Hall–Kier alpha value is -2.21. The van der Waals surface area contributed by atoms with Crippen molar-refractivity contribution >= 4 is 0 Å². The summed E-state index contributed by atoms with van der Waals surface area (Å²) in [6.07, 6.45) is 3.51. The Bertz CT molecular complexity index is 1010. The average molecular weight is 380 g/mol. The molecule has 0 unspecified atom stereocenters. The quantitative estimate of drug-likeness (QED) is 0.762. The van der Waals surface area contributed by atoms with Crippen LogP contribution >= 0.6 is 0 Å². The van der Waals surface area contributed by atoms with Gasteiger partial charge in [-0.1, -0.05) is 35.7 Å². The van der Waals surface area contributed by atoms with Gasteiger partial charge in [-0.3, -0.25) is 19.1 Å². The fourth-order valence-electron chi connectivity index (χ4n) is 5.27. The van der Waals surface area contributed by atoms with Crippen LogP contribution in [0.3, 0.4) is 0 Å². The van der Waals surface area contributed by atoms with E-state index in [1.807, 2.05) is 0 Å². The molecule has 1 saturated heterocycles. The smallest absolute Gasteiger partial charge is 0.298 e. The molecular formula is C22H28N4O2. The zero-order valence-electron chi connectivity index (χ0n) is 16.7. The number of hydrogen-bond acceptors (Lipinski definition) is 4. The van der Waals surface area contributed by atoms with Gasteiger partial charge in [-0.05, 0) is 38.2 Å². The van der Waals surface area contributed by atoms with Crippen LogP contribution in [0.2, 0.25) is 0 Å². The lowest BCUT2D eigenvalue weighted by Gasteiger charge is -2.25. The maximum absolute atomic E-state index is 12.6. The summed E-state index contributed by atoms with van der Waals surface area (Å²) in [7, 11) is 0. The maximum atomic E-state index is 12.6. The molecule has 1 aromatic carbocycles. The second kappa shape index (κ2) is 6.69. The lowest BCUT2D eigenvalue weighted by Crippen LogP contribution is -2.45. The van der Waals surface area contributed by atoms with E-state index < -0.39 is 5.56 Å². The highest BCUT2D eigenvalue weighted by atomic mass is 16.2. The van der Waals surface area contributed by atoms with E-state index in [0.717, 1.165) is 38.3 Å². The van der Waals surface area contributed by atoms with Gasteiger partial charge in [0.2, 0.25) is 0 Å². The molecule has 0 radical (unpaired) electrons. The number of benzene rings is 1. The van der Waals surface area contributed by atoms with Crippen LogP contribution in [0, 0.1) is 25.7 Å². The molecule has 1 saturated carbocycles. The van der Waals surface area contributed by atoms with E-state index >= 15 is 0 Å². The van der Waals surface area contributed by atoms with Crippen molar-refractivity contribution < 1.29 is 0 Å². The Morgan fingerprint density at radius 2 is 1.75 bits per heavy atom. The molecule has 5 rings (SSSR count). The minimum Gasteiger partial charge on any atom is -0.298 e. The molecule has 0 N–H and O–H groups in total. The molecule has 0 bridgehead atoms. The molecule has 148 valence electrons. The van der Waals surface area contributed by atoms with Crippen LogP contribution in [0.15, 0.2) is 27.8 Å². The van der Waals surface area contributed by atoms with E-state index in [2.05, 4.69) is 42.0 Å². The van der Waals surface area contributed by atoms with Crippen LogP contribution in [-0.2, 0) is 19.6 Å². The van der Waals surface area contributed by atoms with E-state index in [0.29, 0.717) is 24.9 Å². The predicted molar refractivity (Wildman–Crippen MR) is 108 cm³/mol. The summed E-state index contributed by atoms with van der Waals surface area (Å²) in [4.78, 5) is 27.5. The number of aryl methyl sites for hydroxylation is 2. The number of hydrogen-bond donors (Lipinski definition) is 0. The number of fused-ring (bicyclic) bond motifs is 3. The third kappa shape index (κ3) is 3.04. The summed E-state index contributed by atoms with van der Waals surface area (Å²) in [5, 5.41) is 4.69. The van der Waals surface area contributed by atoms with Gasteiger partial charge < -0.3 is 0 Å². The fraction of sp³-hybridized carbons (Fsp3) is 0.591. The molecule has 28 heavy (non-hydrogen) atoms. The molecule has 0 spiro atoms. The topological polar surface area (TPSA) is 60.1 Å². The average Bonchev–Trinajstić information content (AvgIpc) is 3.12. The van der Waals surface area contributed by atoms with Gasteiger partial charge in [-0.15, -0.1) is 0 Å². The van der Waals surface area contributed by atoms with E-state index in [1.165, 1.54) is 27.8 Å². The lowest BCUT2D eigenvalue weighted by atomic mass is 9.85. The summed E-state index contributed by atoms with van der Waals surface area (Å²) in [5.74, 6) is 1.98. The molecule has 3 aliphatic rings. The maximum Gasteiger partial charge on any atom is 0.332 e. The minimum atomic E-state index is -0.442. The van der Waals surface area contributed by atoms with Crippen molar-refractivity contribution in [3.8, 4) is 0 Å². The van der Waals surface area contributed by atoms with Gasteiger partial charge in [0.25, 0.3) is 0 Å². The molecule has 1 aromatic heterocycles. The molecule has 0 amide bonds. The highest BCUT2D eigenvalue weighted by molar-refractivity contribution is 5.28. The molecule has 2 fully saturated rings. The highest BCUT2D eigenvalue weighted by Gasteiger charge is 2.42. The molecule has 1 aliphatic carbocycles. The van der Waals surface area contributed by atoms with Gasteiger partial charge in [0.05, 0.1) is 0 Å². The van der Waals surface area contributed by atoms with Gasteiger partial charge in [0.1, 0.15) is 5.82 Å². The first-order valence-corrected chi connectivity index (χ1v) is 10.5. The first-order chi connectivity index (χ1) is 13.5. The number of rotatable bonds is 4. The summed E-state index contributed by atoms with van der Waals surface area (Å²) in [6.45, 7) is 8.32. The van der Waals surface area contributed by atoms with Crippen molar-refractivity contribution in [1.82, 2.24) is 19.2 Å². The largest absolute Gasteiger partial charge is 0.332 e. The van der Waals surface area contributed by atoms with Gasteiger partial charge in [-0.2, -0.15) is 5.10 Å². The van der Waals surface area contributed by atoms with E-state index in [9.17, 15) is 9.59 Å². The highest BCUT2D eigenvalue weighted by Crippen LogP contribution is 2.37. The molecule has 6 heteroatoms. The summed E-state index contributed by atoms with van der Waals surface area (Å²) < 4.78 is 3.12. The first-order valence-electron chi connectivity index (χ1n) is 10.5. The van der Waals surface area contributed by atoms with Crippen LogP contribution in [0.25, 0.3) is 0 Å². The van der Waals surface area contributed by atoms with Crippen LogP contribution in [-0.4, -0.2) is 32.3 Å². The van der Waals surface area contributed by atoms with E-state index in [1.54, 1.807) is 4.57 Å². The van der Waals surface area contributed by atoms with Crippen LogP contribution in [0.1, 0.15) is 47.7 Å². The zero-order chi connectivity index (χ0) is 19.4. The lowest BCUT2D eigenvalue weighted by molar-refractivity contribution is 0.256. The Labute approximate surface area is 164 Å². The van der Waals surface area contributed by atoms with Crippen molar-refractivity contribution in [2.45, 2.75) is 58.7 Å². The standard InChI is InChI=1S/C22H28N4O2/c1-14-6-15(2)8-17(7-14)9-24-11-18-12-25-20(19(18)13-24)23-26(22(28)21(25)27)10-16-4-3-5-16/h6-8,16,18-19H,3-5,9-13H2,1-2H3/t18-,19+/m1/s1. The molecular weight excluding hydrogens is 352 g/mol. The van der Waals surface area contributed by atoms with Gasteiger partial charge in [-0.25, -0.2) is 4.68 Å². The van der Waals surface area contributed by atoms with Crippen molar-refractivity contribution in [3.05, 3.63) is 61.4 Å². The zero-order valence-corrected chi connectivity index (χ0v) is 16.7. The summed E-state index contributed by atoms with van der Waals surface area (Å²) >= 11 is 0. The van der Waals surface area contributed by atoms with E-state index in [4.69, 9.17) is 0 Å². The molecule has 2 aromatic rings. The second-order valence-electron chi connectivity index (χ2n) is 9.11. The number of aromatic nitrogens is 3. The number of likely N-dealkylation sites (tertiary alicyclic amines) is 1. The van der Waals surface area contributed by atoms with Crippen molar-refractivity contribution in [1.29, 1.82) is 0 Å². The summed E-state index contributed by atoms with van der Waals surface area (Å²) in [6, 6.07) is 6.72. The SMILES string of the molecule is Cc1cc(C)cc(CN2C[C@@H]3Cn4c(nn(CC5CCC5)c(=O)c4=O)[C@H]3C2)c1. The molecule has 2 aliphatic heterocycles. The summed E-state index contributed by atoms with van der Waals surface area (Å²) in [5.41, 5.74) is 3.13. The Morgan fingerprint density at radius 1 is 1.00 bits per heavy atom. The molecule has 6 nitrogen and oxygen atoms in total. The van der Waals surface area contributed by atoms with Crippen LogP contribution < -0.4 is 11.1 Å². The fourth-order valence-corrected chi connectivity index (χ4v) is 5.27. The number of nitrogens with zero attached hydrogens (tertiary/aromatic N) is 4. The normalized spacial score (nSPS) is 24.2. The van der Waals surface area contributed by atoms with Gasteiger partial charge >= 0.3 is 11.1 Å². The van der Waals surface area contributed by atoms with E-state index in [-0.39, 0.29) is 11.5 Å². The minimum absolute atomic E-state index is 0.256. The third-order valence-electron chi connectivity index (χ3n) is 6.77. The Morgan fingerprint density at radius 3 is 2.43 bits per heavy atom. The predicted octanol–water partition coefficient (Wildman–Crippen LogP) is 2.05. The third-order valence-corrected chi connectivity index (χ3v) is 6.77. The van der Waals surface area contributed by atoms with Gasteiger partial charge in [0.15, 0.2) is 0 Å². The molecule has 2 atom stereocenters. The van der Waals surface area contributed by atoms with Crippen molar-refractivity contribution in [2.24, 2.45) is 11.8 Å². The molecule has 3 heterocycles. The van der Waals surface area contributed by atoms with Crippen LogP contribution in [0.5, 0.6) is 0 Å².